The van der Waals surface area contributed by atoms with E-state index in [0.29, 0.717) is 32.3 Å². The molecular weight excluding hydrogens is 232 g/mol. The average Bonchev–Trinajstić information content (AvgIpc) is 2.39. The Morgan fingerprint density at radius 2 is 2.06 bits per heavy atom. The topological polar surface area (TPSA) is 52.6 Å². The Bertz CT molecular complexity index is 321. The number of rotatable bonds is 10. The van der Waals surface area contributed by atoms with E-state index in [1.54, 1.807) is 7.11 Å². The van der Waals surface area contributed by atoms with E-state index in [2.05, 4.69) is 10.3 Å². The standard InChI is InChI=1S/C13H22N2O3/c1-14-11-12-5-3-6-13(15-12)18-8-4-7-17-10-9-16-2/h3,5-6,14H,4,7-11H2,1-2H3. The minimum absolute atomic E-state index is 0.614. The van der Waals surface area contributed by atoms with Crippen LogP contribution >= 0.6 is 0 Å². The third-order valence-corrected chi connectivity index (χ3v) is 2.25. The van der Waals surface area contributed by atoms with Gasteiger partial charge in [-0.05, 0) is 13.1 Å². The molecule has 1 aromatic rings. The molecule has 1 aromatic heterocycles. The smallest absolute Gasteiger partial charge is 0.213 e. The summed E-state index contributed by atoms with van der Waals surface area (Å²) in [6.07, 6.45) is 0.849. The molecule has 0 fully saturated rings. The van der Waals surface area contributed by atoms with E-state index in [1.165, 1.54) is 0 Å². The molecule has 102 valence electrons. The van der Waals surface area contributed by atoms with Crippen molar-refractivity contribution in [2.45, 2.75) is 13.0 Å². The van der Waals surface area contributed by atoms with Gasteiger partial charge in [-0.2, -0.15) is 0 Å². The molecule has 5 nitrogen and oxygen atoms in total. The number of hydrogen-bond acceptors (Lipinski definition) is 5. The van der Waals surface area contributed by atoms with Gasteiger partial charge in [0.2, 0.25) is 5.88 Å². The van der Waals surface area contributed by atoms with E-state index >= 15 is 0 Å². The zero-order chi connectivity index (χ0) is 13.1. The molecular formula is C13H22N2O3. The molecule has 0 unspecified atom stereocenters. The Labute approximate surface area is 108 Å². The predicted octanol–water partition coefficient (Wildman–Crippen LogP) is 1.23. The third kappa shape index (κ3) is 6.54. The van der Waals surface area contributed by atoms with Crippen molar-refractivity contribution in [1.29, 1.82) is 0 Å². The number of pyridine rings is 1. The molecule has 0 aromatic carbocycles. The minimum atomic E-state index is 0.614. The zero-order valence-electron chi connectivity index (χ0n) is 11.1. The molecule has 0 atom stereocenters. The van der Waals surface area contributed by atoms with Gasteiger partial charge in [0.1, 0.15) is 0 Å². The van der Waals surface area contributed by atoms with Gasteiger partial charge < -0.3 is 19.5 Å². The second-order valence-corrected chi connectivity index (χ2v) is 3.80. The van der Waals surface area contributed by atoms with Crippen LogP contribution in [0.1, 0.15) is 12.1 Å². The number of ether oxygens (including phenoxy) is 3. The van der Waals surface area contributed by atoms with Crippen LogP contribution in [-0.4, -0.2) is 45.6 Å². The summed E-state index contributed by atoms with van der Waals surface area (Å²) in [6, 6.07) is 5.78. The van der Waals surface area contributed by atoms with Crippen molar-refractivity contribution < 1.29 is 14.2 Å². The predicted molar refractivity (Wildman–Crippen MR) is 69.8 cm³/mol. The summed E-state index contributed by atoms with van der Waals surface area (Å²) >= 11 is 0. The van der Waals surface area contributed by atoms with E-state index in [1.807, 2.05) is 25.2 Å². The van der Waals surface area contributed by atoms with Crippen LogP contribution in [0.15, 0.2) is 18.2 Å². The van der Waals surface area contributed by atoms with Crippen molar-refractivity contribution in [3.8, 4) is 5.88 Å². The molecule has 1 rings (SSSR count). The number of hydrogen-bond donors (Lipinski definition) is 1. The molecule has 1 heterocycles. The fourth-order valence-electron chi connectivity index (χ4n) is 1.40. The van der Waals surface area contributed by atoms with Crippen molar-refractivity contribution in [3.05, 3.63) is 23.9 Å². The molecule has 0 aliphatic rings. The van der Waals surface area contributed by atoms with E-state index in [0.717, 1.165) is 18.7 Å². The maximum atomic E-state index is 5.55. The fraction of sp³-hybridized carbons (Fsp3) is 0.615. The number of nitrogens with one attached hydrogen (secondary N) is 1. The first-order valence-corrected chi connectivity index (χ1v) is 6.17. The van der Waals surface area contributed by atoms with Crippen molar-refractivity contribution in [2.24, 2.45) is 0 Å². The second-order valence-electron chi connectivity index (χ2n) is 3.80. The highest BCUT2D eigenvalue weighted by Crippen LogP contribution is 2.07. The normalized spacial score (nSPS) is 10.6. The van der Waals surface area contributed by atoms with Crippen LogP contribution in [0, 0.1) is 0 Å². The molecule has 18 heavy (non-hydrogen) atoms. The van der Waals surface area contributed by atoms with Crippen molar-refractivity contribution in [3.63, 3.8) is 0 Å². The fourth-order valence-corrected chi connectivity index (χ4v) is 1.40. The van der Waals surface area contributed by atoms with Crippen LogP contribution in [0.2, 0.25) is 0 Å². The lowest BCUT2D eigenvalue weighted by molar-refractivity contribution is 0.0642. The number of nitrogens with zero attached hydrogens (tertiary/aromatic N) is 1. The van der Waals surface area contributed by atoms with Crippen LogP contribution < -0.4 is 10.1 Å². The van der Waals surface area contributed by atoms with Crippen molar-refractivity contribution in [2.75, 3.05) is 40.6 Å². The van der Waals surface area contributed by atoms with Gasteiger partial charge in [-0.15, -0.1) is 0 Å². The highest BCUT2D eigenvalue weighted by Gasteiger charge is 1.98. The van der Waals surface area contributed by atoms with Crippen LogP contribution in [0.25, 0.3) is 0 Å². The first-order valence-electron chi connectivity index (χ1n) is 6.17. The molecule has 0 aliphatic heterocycles. The van der Waals surface area contributed by atoms with Gasteiger partial charge in [-0.25, -0.2) is 4.98 Å². The minimum Gasteiger partial charge on any atom is -0.478 e. The highest BCUT2D eigenvalue weighted by atomic mass is 16.5. The average molecular weight is 254 g/mol. The van der Waals surface area contributed by atoms with Gasteiger partial charge in [-0.1, -0.05) is 6.07 Å². The van der Waals surface area contributed by atoms with E-state index < -0.39 is 0 Å². The third-order valence-electron chi connectivity index (χ3n) is 2.25. The molecule has 0 amide bonds. The van der Waals surface area contributed by atoms with Crippen LogP contribution in [-0.2, 0) is 16.0 Å². The second kappa shape index (κ2) is 9.82. The first kappa shape index (κ1) is 14.9. The maximum absolute atomic E-state index is 5.55. The summed E-state index contributed by atoms with van der Waals surface area (Å²) in [4.78, 5) is 4.36. The van der Waals surface area contributed by atoms with E-state index in [9.17, 15) is 0 Å². The van der Waals surface area contributed by atoms with Crippen molar-refractivity contribution >= 4 is 0 Å². The summed E-state index contributed by atoms with van der Waals surface area (Å²) in [6.45, 7) is 3.31. The summed E-state index contributed by atoms with van der Waals surface area (Å²) in [7, 11) is 3.56. The lowest BCUT2D eigenvalue weighted by Crippen LogP contribution is -2.09. The van der Waals surface area contributed by atoms with Gasteiger partial charge >= 0.3 is 0 Å². The molecule has 0 radical (unpaired) electrons. The lowest BCUT2D eigenvalue weighted by atomic mass is 10.3. The van der Waals surface area contributed by atoms with Gasteiger partial charge in [0.05, 0.1) is 25.5 Å². The molecule has 0 saturated carbocycles. The molecule has 0 saturated heterocycles. The van der Waals surface area contributed by atoms with E-state index in [4.69, 9.17) is 14.2 Å². The summed E-state index contributed by atoms with van der Waals surface area (Å²) in [5.41, 5.74) is 0.978. The quantitative estimate of drug-likeness (QED) is 0.637. The lowest BCUT2D eigenvalue weighted by Gasteiger charge is -2.07. The van der Waals surface area contributed by atoms with Crippen molar-refractivity contribution in [1.82, 2.24) is 10.3 Å². The maximum Gasteiger partial charge on any atom is 0.213 e. The number of methoxy groups -OCH3 is 1. The van der Waals surface area contributed by atoms with E-state index in [-0.39, 0.29) is 0 Å². The summed E-state index contributed by atoms with van der Waals surface area (Å²) in [5, 5.41) is 3.06. The zero-order valence-corrected chi connectivity index (χ0v) is 11.1. The Kier molecular flexibility index (Phi) is 8.12. The largest absolute Gasteiger partial charge is 0.478 e. The van der Waals surface area contributed by atoms with Crippen LogP contribution in [0.3, 0.4) is 0 Å². The monoisotopic (exact) mass is 254 g/mol. The first-order chi connectivity index (χ1) is 8.86. The highest BCUT2D eigenvalue weighted by molar-refractivity contribution is 5.15. The van der Waals surface area contributed by atoms with Gasteiger partial charge in [0.25, 0.3) is 0 Å². The molecule has 5 heteroatoms. The number of aromatic nitrogens is 1. The van der Waals surface area contributed by atoms with Gasteiger partial charge in [-0.3, -0.25) is 0 Å². The van der Waals surface area contributed by atoms with Gasteiger partial charge in [0, 0.05) is 32.7 Å². The molecule has 0 bridgehead atoms. The van der Waals surface area contributed by atoms with Crippen LogP contribution in [0.5, 0.6) is 5.88 Å². The molecule has 1 N–H and O–H groups in total. The molecule has 0 spiro atoms. The Hall–Kier alpha value is -1.17. The Morgan fingerprint density at radius 3 is 2.83 bits per heavy atom. The molecule has 0 aliphatic carbocycles. The van der Waals surface area contributed by atoms with Gasteiger partial charge in [0.15, 0.2) is 0 Å². The summed E-state index contributed by atoms with van der Waals surface area (Å²) < 4.78 is 15.8. The Balaban J connectivity index is 2.13. The van der Waals surface area contributed by atoms with Crippen LogP contribution in [0.4, 0.5) is 0 Å². The summed E-state index contributed by atoms with van der Waals surface area (Å²) in [5.74, 6) is 0.666. The SMILES string of the molecule is CNCc1cccc(OCCCOCCOC)n1. The Morgan fingerprint density at radius 1 is 1.17 bits per heavy atom.